The molecule has 1 aliphatic carbocycles. The van der Waals surface area contributed by atoms with E-state index < -0.39 is 5.60 Å². The Labute approximate surface area is 178 Å². The molecule has 2 aromatic carbocycles. The number of carbonyl (C=O) groups is 1. The van der Waals surface area contributed by atoms with E-state index >= 15 is 0 Å². The quantitative estimate of drug-likeness (QED) is 0.640. The fourth-order valence-corrected chi connectivity index (χ4v) is 5.78. The van der Waals surface area contributed by atoms with Gasteiger partial charge in [0.25, 0.3) is 11.1 Å². The fraction of sp³-hybridized carbons (Fsp3) is 0.391. The third kappa shape index (κ3) is 3.09. The average Bonchev–Trinajstić information content (AvgIpc) is 3.09. The van der Waals surface area contributed by atoms with Crippen LogP contribution in [0.2, 0.25) is 0 Å². The number of hydrogen-bond donors (Lipinski definition) is 1. The van der Waals surface area contributed by atoms with E-state index in [1.807, 2.05) is 41.3 Å². The Bertz CT molecular complexity index is 1090. The lowest BCUT2D eigenvalue weighted by molar-refractivity contribution is -0.926. The minimum atomic E-state index is -1.06. The Morgan fingerprint density at radius 1 is 1.23 bits per heavy atom. The van der Waals surface area contributed by atoms with Crippen LogP contribution in [0.15, 0.2) is 48.5 Å². The van der Waals surface area contributed by atoms with Crippen LogP contribution in [-0.4, -0.2) is 56.8 Å². The van der Waals surface area contributed by atoms with Gasteiger partial charge < -0.3 is 14.3 Å². The Morgan fingerprint density at radius 2 is 2.03 bits per heavy atom. The smallest absolute Gasteiger partial charge is 0.279 e. The van der Waals surface area contributed by atoms with E-state index in [1.165, 1.54) is 5.56 Å². The highest BCUT2D eigenvalue weighted by atomic mass is 32.1. The SMILES string of the molecule is O=C(N1C[N@+]2(Cc3ccc(Oc4nc5ccccc5s4)cc3)CC[C@H]1C2)C1(O)CC1. The molecular weight excluding hydrogens is 398 g/mol. The van der Waals surface area contributed by atoms with Crippen LogP contribution in [0.25, 0.3) is 10.2 Å². The van der Waals surface area contributed by atoms with Crippen LogP contribution in [0, 0.1) is 0 Å². The first-order valence-corrected chi connectivity index (χ1v) is 11.3. The molecule has 1 saturated carbocycles. The maximum Gasteiger partial charge on any atom is 0.279 e. The summed E-state index contributed by atoms with van der Waals surface area (Å²) in [6.45, 7) is 3.71. The first-order chi connectivity index (χ1) is 14.5. The van der Waals surface area contributed by atoms with Crippen LogP contribution >= 0.6 is 11.3 Å². The van der Waals surface area contributed by atoms with Crippen LogP contribution in [0.1, 0.15) is 24.8 Å². The van der Waals surface area contributed by atoms with Gasteiger partial charge in [-0.05, 0) is 49.2 Å². The number of aromatic nitrogens is 1. The highest BCUT2D eigenvalue weighted by molar-refractivity contribution is 7.20. The summed E-state index contributed by atoms with van der Waals surface area (Å²) in [6, 6.07) is 16.5. The normalized spacial score (nSPS) is 26.3. The number of para-hydroxylation sites is 1. The van der Waals surface area contributed by atoms with Gasteiger partial charge in [-0.3, -0.25) is 9.69 Å². The second-order valence-corrected chi connectivity index (χ2v) is 9.98. The Balaban J connectivity index is 1.14. The summed E-state index contributed by atoms with van der Waals surface area (Å²) in [5.41, 5.74) is 1.14. The molecule has 6 rings (SSSR count). The van der Waals surface area contributed by atoms with Gasteiger partial charge in [0.2, 0.25) is 0 Å². The van der Waals surface area contributed by atoms with Crippen molar-refractivity contribution in [3.8, 4) is 10.9 Å². The molecule has 0 radical (unpaired) electrons. The Morgan fingerprint density at radius 3 is 2.80 bits per heavy atom. The number of hydrogen-bond acceptors (Lipinski definition) is 5. The molecule has 1 amide bonds. The van der Waals surface area contributed by atoms with E-state index in [2.05, 4.69) is 17.1 Å². The van der Waals surface area contributed by atoms with Gasteiger partial charge in [-0.25, -0.2) is 4.98 Å². The van der Waals surface area contributed by atoms with Gasteiger partial charge in [-0.15, -0.1) is 0 Å². The number of aliphatic hydroxyl groups is 1. The minimum absolute atomic E-state index is 0.0493. The highest BCUT2D eigenvalue weighted by Crippen LogP contribution is 2.42. The number of amides is 1. The van der Waals surface area contributed by atoms with Crippen molar-refractivity contribution in [3.05, 3.63) is 54.1 Å². The van der Waals surface area contributed by atoms with Crippen molar-refractivity contribution >= 4 is 27.5 Å². The van der Waals surface area contributed by atoms with E-state index in [9.17, 15) is 9.90 Å². The monoisotopic (exact) mass is 422 g/mol. The highest BCUT2D eigenvalue weighted by Gasteiger charge is 2.58. The lowest BCUT2D eigenvalue weighted by atomic mass is 10.1. The van der Waals surface area contributed by atoms with Crippen molar-refractivity contribution in [2.45, 2.75) is 37.5 Å². The van der Waals surface area contributed by atoms with Gasteiger partial charge in [0.1, 0.15) is 24.4 Å². The first-order valence-electron chi connectivity index (χ1n) is 10.5. The van der Waals surface area contributed by atoms with E-state index in [0.717, 1.165) is 53.2 Å². The van der Waals surface area contributed by atoms with Crippen molar-refractivity contribution in [2.24, 2.45) is 0 Å². The lowest BCUT2D eigenvalue weighted by Gasteiger charge is -2.35. The molecule has 3 aromatic rings. The minimum Gasteiger partial charge on any atom is -0.431 e. The Hall–Kier alpha value is -2.48. The van der Waals surface area contributed by atoms with Crippen LogP contribution < -0.4 is 4.74 Å². The molecule has 0 unspecified atom stereocenters. The van der Waals surface area contributed by atoms with Crippen LogP contribution in [0.4, 0.5) is 0 Å². The summed E-state index contributed by atoms with van der Waals surface area (Å²) in [5.74, 6) is 0.734. The topological polar surface area (TPSA) is 62.7 Å². The maximum atomic E-state index is 12.6. The standard InChI is InChI=1S/C23H24N3O3S/c27-21(23(28)10-11-23)25-15-26(12-9-17(25)14-26)13-16-5-7-18(8-6-16)29-22-24-19-3-1-2-4-20(19)30-22/h1-8,17,28H,9-15H2/q+1/t17-,26-/m0/s1. The molecule has 3 heterocycles. The average molecular weight is 423 g/mol. The van der Waals surface area contributed by atoms with E-state index in [4.69, 9.17) is 4.74 Å². The van der Waals surface area contributed by atoms with E-state index in [1.54, 1.807) is 11.3 Å². The van der Waals surface area contributed by atoms with Crippen molar-refractivity contribution in [1.29, 1.82) is 0 Å². The number of fused-ring (bicyclic) bond motifs is 3. The molecule has 2 bridgehead atoms. The fourth-order valence-electron chi connectivity index (χ4n) is 4.94. The summed E-state index contributed by atoms with van der Waals surface area (Å²) in [7, 11) is 0. The molecular formula is C23H24N3O3S+. The molecule has 2 aliphatic heterocycles. The lowest BCUT2D eigenvalue weighted by Crippen LogP contribution is -2.52. The number of quaternary nitrogens is 1. The number of carbonyl (C=O) groups excluding carboxylic acids is 1. The number of nitrogens with zero attached hydrogens (tertiary/aromatic N) is 3. The largest absolute Gasteiger partial charge is 0.431 e. The second kappa shape index (κ2) is 6.51. The summed E-state index contributed by atoms with van der Waals surface area (Å²) in [5, 5.41) is 10.9. The Kier molecular flexibility index (Phi) is 3.97. The van der Waals surface area contributed by atoms with E-state index in [-0.39, 0.29) is 11.9 Å². The second-order valence-electron chi connectivity index (χ2n) is 8.99. The molecule has 7 heteroatoms. The van der Waals surface area contributed by atoms with Crippen molar-refractivity contribution in [3.63, 3.8) is 0 Å². The zero-order chi connectivity index (χ0) is 20.3. The predicted molar refractivity (Wildman–Crippen MR) is 114 cm³/mol. The maximum absolute atomic E-state index is 12.6. The van der Waals surface area contributed by atoms with E-state index in [0.29, 0.717) is 18.0 Å². The van der Waals surface area contributed by atoms with Gasteiger partial charge in [0.05, 0.1) is 22.8 Å². The third-order valence-electron chi connectivity index (χ3n) is 6.73. The van der Waals surface area contributed by atoms with Gasteiger partial charge in [-0.2, -0.15) is 0 Å². The molecule has 30 heavy (non-hydrogen) atoms. The number of rotatable bonds is 5. The molecule has 2 atom stereocenters. The molecule has 1 aromatic heterocycles. The molecule has 3 aliphatic rings. The number of benzene rings is 2. The van der Waals surface area contributed by atoms with Crippen molar-refractivity contribution < 1.29 is 19.1 Å². The van der Waals surface area contributed by atoms with Crippen molar-refractivity contribution in [2.75, 3.05) is 19.8 Å². The summed E-state index contributed by atoms with van der Waals surface area (Å²) < 4.78 is 7.99. The summed E-state index contributed by atoms with van der Waals surface area (Å²) >= 11 is 1.55. The van der Waals surface area contributed by atoms with Crippen LogP contribution in [0.5, 0.6) is 10.9 Å². The van der Waals surface area contributed by atoms with Gasteiger partial charge >= 0.3 is 0 Å². The number of thiazole rings is 1. The molecule has 2 saturated heterocycles. The molecule has 1 N–H and O–H groups in total. The molecule has 154 valence electrons. The zero-order valence-corrected chi connectivity index (χ0v) is 17.5. The summed E-state index contributed by atoms with van der Waals surface area (Å²) in [4.78, 5) is 19.1. The molecule has 6 nitrogen and oxygen atoms in total. The number of ether oxygens (including phenoxy) is 1. The van der Waals surface area contributed by atoms with Crippen LogP contribution in [0.3, 0.4) is 0 Å². The third-order valence-corrected chi connectivity index (χ3v) is 7.65. The van der Waals surface area contributed by atoms with Gasteiger partial charge in [0.15, 0.2) is 6.67 Å². The molecule has 3 fully saturated rings. The first kappa shape index (κ1) is 18.3. The molecule has 0 spiro atoms. The van der Waals surface area contributed by atoms with Crippen molar-refractivity contribution in [1.82, 2.24) is 9.88 Å². The zero-order valence-electron chi connectivity index (χ0n) is 16.7. The van der Waals surface area contributed by atoms with Gasteiger partial charge in [-0.1, -0.05) is 23.5 Å². The predicted octanol–water partition coefficient (Wildman–Crippen LogP) is 3.50. The van der Waals surface area contributed by atoms with Gasteiger partial charge in [0, 0.05) is 12.0 Å². The summed E-state index contributed by atoms with van der Waals surface area (Å²) in [6.07, 6.45) is 2.26. The van der Waals surface area contributed by atoms with Crippen LogP contribution in [-0.2, 0) is 11.3 Å².